The zero-order valence-corrected chi connectivity index (χ0v) is 10.9. The van der Waals surface area contributed by atoms with Crippen molar-refractivity contribution in [1.82, 2.24) is 0 Å². The summed E-state index contributed by atoms with van der Waals surface area (Å²) in [7, 11) is -3.56. The first-order valence-electron chi connectivity index (χ1n) is 5.13. The summed E-state index contributed by atoms with van der Waals surface area (Å²) in [5.41, 5.74) is 0. The van der Waals surface area contributed by atoms with Gasteiger partial charge < -0.3 is 0 Å². The summed E-state index contributed by atoms with van der Waals surface area (Å²) >= 11 is 0. The second-order valence-corrected chi connectivity index (χ2v) is 6.13. The summed E-state index contributed by atoms with van der Waals surface area (Å²) in [4.78, 5) is 0. The van der Waals surface area contributed by atoms with E-state index in [1.54, 1.807) is 24.3 Å². The molecular formula is C11H14O3P2. The van der Waals surface area contributed by atoms with E-state index >= 15 is 0 Å². The van der Waals surface area contributed by atoms with Crippen molar-refractivity contribution >= 4 is 20.6 Å². The molecule has 86 valence electrons. The molecule has 0 heterocycles. The second-order valence-electron chi connectivity index (χ2n) is 3.27. The van der Waals surface area contributed by atoms with Crippen molar-refractivity contribution in [2.24, 2.45) is 0 Å². The molecule has 0 saturated heterocycles. The Labute approximate surface area is 96.8 Å². The van der Waals surface area contributed by atoms with Gasteiger partial charge in [0, 0.05) is 0 Å². The fourth-order valence-corrected chi connectivity index (χ4v) is 3.40. The van der Waals surface area contributed by atoms with Gasteiger partial charge in [-0.25, -0.2) is 0 Å². The summed E-state index contributed by atoms with van der Waals surface area (Å²) in [6.07, 6.45) is 1.79. The molecule has 0 radical (unpaired) electrons. The van der Waals surface area contributed by atoms with Gasteiger partial charge in [-0.1, -0.05) is 0 Å². The van der Waals surface area contributed by atoms with Crippen LogP contribution in [0.4, 0.5) is 0 Å². The fraction of sp³-hybridized carbons (Fsp3) is 0.364. The van der Waals surface area contributed by atoms with Gasteiger partial charge in [0.2, 0.25) is 0 Å². The number of rotatable bonds is 5. The second kappa shape index (κ2) is 6.89. The molecule has 0 aliphatic carbocycles. The Hall–Kier alpha value is -0.580. The molecule has 1 rings (SSSR count). The van der Waals surface area contributed by atoms with Crippen LogP contribution >= 0.6 is 15.3 Å². The van der Waals surface area contributed by atoms with E-state index in [9.17, 15) is 9.13 Å². The van der Waals surface area contributed by atoms with Crippen LogP contribution in [0.2, 0.25) is 0 Å². The van der Waals surface area contributed by atoms with Crippen molar-refractivity contribution in [1.29, 1.82) is 0 Å². The normalized spacial score (nSPS) is 13.8. The quantitative estimate of drug-likeness (QED) is 0.597. The van der Waals surface area contributed by atoms with E-state index < -0.39 is 7.37 Å². The van der Waals surface area contributed by atoms with E-state index in [0.29, 0.717) is 11.9 Å². The Morgan fingerprint density at radius 3 is 2.62 bits per heavy atom. The maximum atomic E-state index is 12.3. The molecule has 16 heavy (non-hydrogen) atoms. The molecule has 0 aliphatic heterocycles. The van der Waals surface area contributed by atoms with Crippen molar-refractivity contribution in [3.8, 4) is 5.37 Å². The summed E-state index contributed by atoms with van der Waals surface area (Å²) in [6.45, 7) is 2.42. The van der Waals surface area contributed by atoms with Gasteiger partial charge >= 0.3 is 96.3 Å². The van der Waals surface area contributed by atoms with Crippen molar-refractivity contribution in [2.75, 3.05) is 6.61 Å². The van der Waals surface area contributed by atoms with Gasteiger partial charge in [0.25, 0.3) is 0 Å². The zero-order chi connectivity index (χ0) is 11.9. The Kier molecular flexibility index (Phi) is 5.80. The van der Waals surface area contributed by atoms with E-state index in [1.807, 2.05) is 13.0 Å². The summed E-state index contributed by atoms with van der Waals surface area (Å²) in [5.74, 6) is 0. The van der Waals surface area contributed by atoms with Crippen LogP contribution in [0.1, 0.15) is 19.8 Å². The molecule has 5 heteroatoms. The van der Waals surface area contributed by atoms with E-state index in [-0.39, 0.29) is 7.92 Å². The van der Waals surface area contributed by atoms with E-state index in [0.717, 1.165) is 12.8 Å². The topological polar surface area (TPSA) is 43.4 Å². The first-order valence-corrected chi connectivity index (χ1v) is 7.56. The Balaban J connectivity index is 2.92. The predicted octanol–water partition coefficient (Wildman–Crippen LogP) is 3.62. The molecule has 0 aromatic heterocycles. The molecule has 0 spiro atoms. The SMILES string of the molecule is CCCCOP(=O)(C#P=O)c1ccccc1. The van der Waals surface area contributed by atoms with Crippen molar-refractivity contribution in [2.45, 2.75) is 19.8 Å². The van der Waals surface area contributed by atoms with Crippen LogP contribution in [0.3, 0.4) is 0 Å². The zero-order valence-electron chi connectivity index (χ0n) is 9.13. The predicted molar refractivity (Wildman–Crippen MR) is 66.0 cm³/mol. The van der Waals surface area contributed by atoms with Gasteiger partial charge in [0.05, 0.1) is 0 Å². The van der Waals surface area contributed by atoms with Crippen LogP contribution in [0.25, 0.3) is 0 Å². The van der Waals surface area contributed by atoms with Gasteiger partial charge in [0.1, 0.15) is 0 Å². The van der Waals surface area contributed by atoms with Crippen LogP contribution in [0, 0.1) is 5.37 Å². The van der Waals surface area contributed by atoms with Crippen molar-refractivity contribution < 1.29 is 13.7 Å². The monoisotopic (exact) mass is 256 g/mol. The standard InChI is InChI=1S/C11H14O3P2/c1-2-3-9-14-16(13,10-15-12)11-7-5-4-6-8-11/h4-8H,2-3,9H2,1H3. The van der Waals surface area contributed by atoms with Gasteiger partial charge in [-0.15, -0.1) is 0 Å². The van der Waals surface area contributed by atoms with Crippen molar-refractivity contribution in [3.05, 3.63) is 30.3 Å². The van der Waals surface area contributed by atoms with Gasteiger partial charge in [-0.3, -0.25) is 0 Å². The van der Waals surface area contributed by atoms with Crippen LogP contribution in [0.15, 0.2) is 30.3 Å². The summed E-state index contributed by atoms with van der Waals surface area (Å²) < 4.78 is 28.2. The van der Waals surface area contributed by atoms with Crippen LogP contribution in [-0.4, -0.2) is 6.61 Å². The third-order valence-corrected chi connectivity index (χ3v) is 4.94. The Morgan fingerprint density at radius 1 is 1.38 bits per heavy atom. The molecule has 1 aromatic rings. The van der Waals surface area contributed by atoms with Crippen molar-refractivity contribution in [3.63, 3.8) is 0 Å². The Morgan fingerprint density at radius 2 is 2.06 bits per heavy atom. The number of hydrogen-bond donors (Lipinski definition) is 0. The Bertz CT molecular complexity index is 464. The van der Waals surface area contributed by atoms with Crippen LogP contribution in [-0.2, 0) is 13.7 Å². The summed E-state index contributed by atoms with van der Waals surface area (Å²) in [5, 5.41) is 2.92. The molecule has 0 bridgehead atoms. The number of benzene rings is 1. The molecular weight excluding hydrogens is 242 g/mol. The molecule has 0 fully saturated rings. The van der Waals surface area contributed by atoms with E-state index in [2.05, 4.69) is 5.37 Å². The van der Waals surface area contributed by atoms with E-state index in [1.165, 1.54) is 0 Å². The first kappa shape index (κ1) is 13.5. The number of unbranched alkanes of at least 4 members (excludes halogenated alkanes) is 1. The van der Waals surface area contributed by atoms with E-state index in [4.69, 9.17) is 4.52 Å². The fourth-order valence-electron chi connectivity index (χ4n) is 1.18. The minimum atomic E-state index is -3.18. The molecule has 3 nitrogen and oxygen atoms in total. The number of hydrogen-bond acceptors (Lipinski definition) is 3. The molecule has 1 aromatic carbocycles. The molecule has 0 amide bonds. The third-order valence-electron chi connectivity index (χ3n) is 2.04. The average Bonchev–Trinajstić information content (AvgIpc) is 2.31. The molecule has 1 atom stereocenters. The summed E-state index contributed by atoms with van der Waals surface area (Å²) in [6, 6.07) is 8.77. The maximum absolute atomic E-state index is 12.3. The van der Waals surface area contributed by atoms with Crippen LogP contribution < -0.4 is 5.30 Å². The van der Waals surface area contributed by atoms with Gasteiger partial charge in [0.15, 0.2) is 0 Å². The molecule has 0 saturated carbocycles. The minimum absolute atomic E-state index is 0.384. The third kappa shape index (κ3) is 3.77. The van der Waals surface area contributed by atoms with Crippen LogP contribution in [0.5, 0.6) is 0 Å². The van der Waals surface area contributed by atoms with Gasteiger partial charge in [-0.2, -0.15) is 0 Å². The first-order chi connectivity index (χ1) is 7.73. The van der Waals surface area contributed by atoms with Gasteiger partial charge in [-0.05, 0) is 0 Å². The average molecular weight is 256 g/mol. The molecule has 0 N–H and O–H groups in total. The molecule has 0 aliphatic rings. The molecule has 1 unspecified atom stereocenters.